The van der Waals surface area contributed by atoms with Crippen LogP contribution in [0.25, 0.3) is 10.4 Å². The van der Waals surface area contributed by atoms with Gasteiger partial charge in [-0.05, 0) is 42.1 Å². The molecule has 12 heteroatoms. The Hall–Kier alpha value is -3.42. The molecule has 3 rings (SSSR count). The monoisotopic (exact) mass is 498 g/mol. The molecule has 1 amide bonds. The van der Waals surface area contributed by atoms with Gasteiger partial charge in [-0.3, -0.25) is 4.79 Å². The van der Waals surface area contributed by atoms with Gasteiger partial charge in [0.05, 0.1) is 15.7 Å². The lowest BCUT2D eigenvalue weighted by Crippen LogP contribution is -2.25. The maximum atomic E-state index is 12.9. The molecule has 168 valence electrons. The number of rotatable bonds is 7. The standard InChI is InChI=1S/C21H18N6O3S3/c1-2-16(20(28)26-12-5-7-13(8-6-12)33(25,29)30)32-21-15(11-23)18(17-4-3-9-31-17)14(10-22)19(24)27-21/h3-9,16H,2H2,1H3,(H2,24,27)(H,26,28)(H2,25,29,30). The van der Waals surface area contributed by atoms with Crippen molar-refractivity contribution < 1.29 is 13.2 Å². The van der Waals surface area contributed by atoms with Gasteiger partial charge in [-0.15, -0.1) is 11.3 Å². The van der Waals surface area contributed by atoms with Crippen LogP contribution < -0.4 is 16.2 Å². The number of amides is 1. The molecule has 0 spiro atoms. The fraction of sp³-hybridized carbons (Fsp3) is 0.143. The summed E-state index contributed by atoms with van der Waals surface area (Å²) in [6.07, 6.45) is 0.409. The number of carbonyl (C=O) groups excluding carboxylic acids is 1. The molecule has 0 radical (unpaired) electrons. The average molecular weight is 499 g/mol. The number of nitriles is 2. The lowest BCUT2D eigenvalue weighted by Gasteiger charge is -2.17. The maximum Gasteiger partial charge on any atom is 0.238 e. The predicted molar refractivity (Wildman–Crippen MR) is 128 cm³/mol. The first-order valence-electron chi connectivity index (χ1n) is 9.47. The highest BCUT2D eigenvalue weighted by Crippen LogP contribution is 2.39. The highest BCUT2D eigenvalue weighted by Gasteiger charge is 2.26. The van der Waals surface area contributed by atoms with Crippen LogP contribution in [0.3, 0.4) is 0 Å². The number of thiophene rings is 1. The zero-order valence-corrected chi connectivity index (χ0v) is 19.7. The number of carbonyl (C=O) groups is 1. The van der Waals surface area contributed by atoms with E-state index in [0.717, 1.165) is 11.8 Å². The van der Waals surface area contributed by atoms with Crippen molar-refractivity contribution >= 4 is 50.5 Å². The molecule has 9 nitrogen and oxygen atoms in total. The number of aromatic nitrogens is 1. The van der Waals surface area contributed by atoms with Crippen molar-refractivity contribution in [2.75, 3.05) is 11.1 Å². The minimum absolute atomic E-state index is 0.0174. The van der Waals surface area contributed by atoms with Crippen LogP contribution in [-0.2, 0) is 14.8 Å². The Morgan fingerprint density at radius 1 is 1.21 bits per heavy atom. The van der Waals surface area contributed by atoms with E-state index < -0.39 is 15.3 Å². The zero-order chi connectivity index (χ0) is 24.2. The van der Waals surface area contributed by atoms with E-state index in [-0.39, 0.29) is 32.8 Å². The number of nitrogens with two attached hydrogens (primary N) is 2. The Bertz CT molecular complexity index is 1370. The number of pyridine rings is 1. The van der Waals surface area contributed by atoms with Crippen molar-refractivity contribution in [3.63, 3.8) is 0 Å². The lowest BCUT2D eigenvalue weighted by molar-refractivity contribution is -0.115. The number of thioether (sulfide) groups is 1. The van der Waals surface area contributed by atoms with Gasteiger partial charge >= 0.3 is 0 Å². The topological polar surface area (TPSA) is 176 Å². The molecule has 1 unspecified atom stereocenters. The van der Waals surface area contributed by atoms with Crippen LogP contribution in [0.4, 0.5) is 11.5 Å². The van der Waals surface area contributed by atoms with E-state index in [1.807, 2.05) is 11.4 Å². The molecular weight excluding hydrogens is 480 g/mol. The fourth-order valence-electron chi connectivity index (χ4n) is 2.96. The second-order valence-electron chi connectivity index (χ2n) is 6.70. The van der Waals surface area contributed by atoms with Gasteiger partial charge in [-0.2, -0.15) is 10.5 Å². The van der Waals surface area contributed by atoms with Gasteiger partial charge in [0.15, 0.2) is 0 Å². The van der Waals surface area contributed by atoms with Gasteiger partial charge < -0.3 is 11.1 Å². The maximum absolute atomic E-state index is 12.9. The number of hydrogen-bond donors (Lipinski definition) is 3. The van der Waals surface area contributed by atoms with Crippen molar-refractivity contribution in [1.29, 1.82) is 10.5 Å². The first kappa shape index (κ1) is 24.2. The molecule has 1 aromatic carbocycles. The Balaban J connectivity index is 1.92. The summed E-state index contributed by atoms with van der Waals surface area (Å²) in [6.45, 7) is 1.81. The summed E-state index contributed by atoms with van der Waals surface area (Å²) in [7, 11) is -3.84. The van der Waals surface area contributed by atoms with E-state index in [0.29, 0.717) is 22.5 Å². The van der Waals surface area contributed by atoms with Crippen LogP contribution in [0.2, 0.25) is 0 Å². The first-order chi connectivity index (χ1) is 15.7. The number of nitrogens with zero attached hydrogens (tertiary/aromatic N) is 3. The number of sulfonamides is 1. The third-order valence-corrected chi connectivity index (χ3v) is 7.72. The molecule has 3 aromatic rings. The molecule has 0 saturated heterocycles. The van der Waals surface area contributed by atoms with Gasteiger partial charge in [0.1, 0.15) is 28.5 Å². The van der Waals surface area contributed by atoms with E-state index in [4.69, 9.17) is 10.9 Å². The summed E-state index contributed by atoms with van der Waals surface area (Å²) < 4.78 is 22.8. The van der Waals surface area contributed by atoms with Crippen molar-refractivity contribution in [2.45, 2.75) is 28.5 Å². The minimum atomic E-state index is -3.84. The Morgan fingerprint density at radius 3 is 2.39 bits per heavy atom. The van der Waals surface area contributed by atoms with Gasteiger partial charge in [-0.1, -0.05) is 24.8 Å². The summed E-state index contributed by atoms with van der Waals surface area (Å²) in [5.41, 5.74) is 7.10. The smallest absolute Gasteiger partial charge is 0.238 e. The Morgan fingerprint density at radius 2 is 1.88 bits per heavy atom. The Labute approximate surface area is 199 Å². The number of primary sulfonamides is 1. The van der Waals surface area contributed by atoms with Crippen LogP contribution >= 0.6 is 23.1 Å². The van der Waals surface area contributed by atoms with E-state index in [2.05, 4.69) is 16.4 Å². The largest absolute Gasteiger partial charge is 0.383 e. The minimum Gasteiger partial charge on any atom is -0.383 e. The van der Waals surface area contributed by atoms with Gasteiger partial charge in [0, 0.05) is 16.1 Å². The summed E-state index contributed by atoms with van der Waals surface area (Å²) in [4.78, 5) is 17.8. The lowest BCUT2D eigenvalue weighted by atomic mass is 10.0. The van der Waals surface area contributed by atoms with Crippen molar-refractivity contribution in [1.82, 2.24) is 4.98 Å². The van der Waals surface area contributed by atoms with Crippen LogP contribution in [0.5, 0.6) is 0 Å². The molecule has 0 bridgehead atoms. The number of nitrogens with one attached hydrogen (secondary N) is 1. The fourth-order valence-corrected chi connectivity index (χ4v) is 5.28. The van der Waals surface area contributed by atoms with Crippen LogP contribution in [0, 0.1) is 22.7 Å². The molecule has 0 aliphatic heterocycles. The number of anilines is 2. The van der Waals surface area contributed by atoms with E-state index in [1.54, 1.807) is 19.1 Å². The summed E-state index contributed by atoms with van der Waals surface area (Å²) in [6, 6.07) is 13.2. The van der Waals surface area contributed by atoms with E-state index >= 15 is 0 Å². The van der Waals surface area contributed by atoms with Gasteiger partial charge in [0.25, 0.3) is 0 Å². The molecule has 2 heterocycles. The molecule has 0 fully saturated rings. The normalized spacial score (nSPS) is 11.9. The highest BCUT2D eigenvalue weighted by molar-refractivity contribution is 8.00. The molecule has 5 N–H and O–H groups in total. The number of hydrogen-bond acceptors (Lipinski definition) is 9. The molecule has 0 saturated carbocycles. The molecule has 0 aliphatic carbocycles. The number of nitrogen functional groups attached to an aromatic ring is 1. The SMILES string of the molecule is CCC(Sc1nc(N)c(C#N)c(-c2cccs2)c1C#N)C(=O)Nc1ccc(S(N)(=O)=O)cc1. The molecular formula is C21H18N6O3S3. The second-order valence-corrected chi connectivity index (χ2v) is 10.4. The summed E-state index contributed by atoms with van der Waals surface area (Å²) >= 11 is 2.44. The Kier molecular flexibility index (Phi) is 7.36. The molecule has 2 aromatic heterocycles. The van der Waals surface area contributed by atoms with Crippen molar-refractivity contribution in [3.8, 4) is 22.6 Å². The second kappa shape index (κ2) is 10.0. The predicted octanol–water partition coefficient (Wildman–Crippen LogP) is 3.29. The van der Waals surface area contributed by atoms with Gasteiger partial charge in [-0.25, -0.2) is 18.5 Å². The van der Waals surface area contributed by atoms with Gasteiger partial charge in [0.2, 0.25) is 15.9 Å². The molecule has 33 heavy (non-hydrogen) atoms. The third-order valence-electron chi connectivity index (χ3n) is 4.55. The number of benzene rings is 1. The van der Waals surface area contributed by atoms with E-state index in [9.17, 15) is 23.7 Å². The zero-order valence-electron chi connectivity index (χ0n) is 17.3. The van der Waals surface area contributed by atoms with Crippen molar-refractivity contribution in [2.24, 2.45) is 5.14 Å². The van der Waals surface area contributed by atoms with Crippen LogP contribution in [0.1, 0.15) is 24.5 Å². The quantitative estimate of drug-likeness (QED) is 0.416. The average Bonchev–Trinajstić information content (AvgIpc) is 3.31. The van der Waals surface area contributed by atoms with Crippen molar-refractivity contribution in [3.05, 3.63) is 52.9 Å². The van der Waals surface area contributed by atoms with Crippen LogP contribution in [-0.4, -0.2) is 24.6 Å². The molecule has 1 atom stereocenters. The summed E-state index contributed by atoms with van der Waals surface area (Å²) in [5, 5.41) is 28.7. The van der Waals surface area contributed by atoms with E-state index in [1.165, 1.54) is 35.6 Å². The summed E-state index contributed by atoms with van der Waals surface area (Å²) in [5.74, 6) is -0.381. The highest BCUT2D eigenvalue weighted by atomic mass is 32.2. The first-order valence-corrected chi connectivity index (χ1v) is 12.8. The van der Waals surface area contributed by atoms with Crippen LogP contribution in [0.15, 0.2) is 51.7 Å². The third kappa shape index (κ3) is 5.32. The molecule has 0 aliphatic rings.